The number of ether oxygens (including phenoxy) is 1. The third-order valence-corrected chi connectivity index (χ3v) is 4.21. The number of hydrogen-bond acceptors (Lipinski definition) is 5. The predicted molar refractivity (Wildman–Crippen MR) is 100 cm³/mol. The molecule has 0 radical (unpaired) electrons. The van der Waals surface area contributed by atoms with Crippen LogP contribution in [-0.4, -0.2) is 34.4 Å². The molecule has 0 spiro atoms. The predicted octanol–water partition coefficient (Wildman–Crippen LogP) is 4.14. The van der Waals surface area contributed by atoms with Crippen LogP contribution in [-0.2, 0) is 6.54 Å². The second-order valence-electron chi connectivity index (χ2n) is 5.55. The Morgan fingerprint density at radius 1 is 1.24 bits per heavy atom. The first-order valence-electron chi connectivity index (χ1n) is 8.28. The molecule has 0 fully saturated rings. The van der Waals surface area contributed by atoms with Crippen LogP contribution in [0.15, 0.2) is 34.8 Å². The van der Waals surface area contributed by atoms with Crippen LogP contribution in [0.2, 0.25) is 0 Å². The highest BCUT2D eigenvalue weighted by Gasteiger charge is 2.13. The molecule has 0 aliphatic carbocycles. The second-order valence-corrected chi connectivity index (χ2v) is 6.47. The van der Waals surface area contributed by atoms with Gasteiger partial charge in [0.05, 0.1) is 6.61 Å². The first kappa shape index (κ1) is 19.2. The summed E-state index contributed by atoms with van der Waals surface area (Å²) in [5, 5.41) is 16.7. The van der Waals surface area contributed by atoms with Crippen molar-refractivity contribution in [2.24, 2.45) is 0 Å². The van der Waals surface area contributed by atoms with Crippen molar-refractivity contribution in [2.75, 3.05) is 18.1 Å². The number of nitrogens with zero attached hydrogens (tertiary/aromatic N) is 3. The number of unbranched alkanes of at least 4 members (excludes halogenated alkanes) is 1. The van der Waals surface area contributed by atoms with Gasteiger partial charge in [-0.05, 0) is 43.7 Å². The van der Waals surface area contributed by atoms with Gasteiger partial charge >= 0.3 is 5.97 Å². The number of carboxylic acid groups (broad SMARTS) is 1. The molecule has 25 heavy (non-hydrogen) atoms. The Hall–Kier alpha value is -2.15. The highest BCUT2D eigenvalue weighted by atomic mass is 79.9. The first-order valence-corrected chi connectivity index (χ1v) is 9.07. The van der Waals surface area contributed by atoms with Gasteiger partial charge in [-0.15, -0.1) is 10.2 Å². The summed E-state index contributed by atoms with van der Waals surface area (Å²) in [6.45, 7) is 6.14. The van der Waals surface area contributed by atoms with E-state index in [0.29, 0.717) is 25.5 Å². The van der Waals surface area contributed by atoms with Gasteiger partial charge in [-0.1, -0.05) is 29.3 Å². The number of carboxylic acids is 1. The average Bonchev–Trinajstić information content (AvgIpc) is 2.61. The summed E-state index contributed by atoms with van der Waals surface area (Å²) in [6, 6.07) is 9.09. The van der Waals surface area contributed by atoms with Crippen LogP contribution in [0.25, 0.3) is 0 Å². The van der Waals surface area contributed by atoms with Crippen LogP contribution in [0.4, 0.5) is 5.82 Å². The lowest BCUT2D eigenvalue weighted by atomic mass is 10.2. The van der Waals surface area contributed by atoms with Crippen LogP contribution < -0.4 is 9.64 Å². The Balaban J connectivity index is 2.19. The molecule has 0 amide bonds. The van der Waals surface area contributed by atoms with Crippen LogP contribution >= 0.6 is 15.9 Å². The zero-order valence-electron chi connectivity index (χ0n) is 14.4. The first-order chi connectivity index (χ1) is 12.0. The molecule has 1 N–H and O–H groups in total. The molecule has 1 heterocycles. The largest absolute Gasteiger partial charge is 0.493 e. The molecule has 0 saturated heterocycles. The Morgan fingerprint density at radius 2 is 2.04 bits per heavy atom. The van der Waals surface area contributed by atoms with E-state index in [1.54, 1.807) is 6.07 Å². The highest BCUT2D eigenvalue weighted by Crippen LogP contribution is 2.26. The maximum atomic E-state index is 10.9. The van der Waals surface area contributed by atoms with Gasteiger partial charge in [0.2, 0.25) is 0 Å². The second kappa shape index (κ2) is 9.36. The van der Waals surface area contributed by atoms with Gasteiger partial charge in [0.15, 0.2) is 11.5 Å². The maximum Gasteiger partial charge on any atom is 0.356 e. The Bertz CT molecular complexity index is 707. The van der Waals surface area contributed by atoms with Gasteiger partial charge in [0.1, 0.15) is 5.75 Å². The minimum atomic E-state index is -1.08. The third kappa shape index (κ3) is 5.42. The van der Waals surface area contributed by atoms with Crippen molar-refractivity contribution < 1.29 is 14.6 Å². The summed E-state index contributed by atoms with van der Waals surface area (Å²) >= 11 is 3.50. The molecule has 2 aromatic rings. The van der Waals surface area contributed by atoms with E-state index in [9.17, 15) is 4.79 Å². The zero-order chi connectivity index (χ0) is 18.2. The molecular formula is C18H22BrN3O3. The normalized spacial score (nSPS) is 10.5. The molecule has 2 rings (SSSR count). The van der Waals surface area contributed by atoms with Crippen molar-refractivity contribution >= 4 is 27.7 Å². The number of halogens is 1. The molecule has 1 aromatic carbocycles. The number of aromatic nitrogens is 2. The fourth-order valence-electron chi connectivity index (χ4n) is 2.31. The van der Waals surface area contributed by atoms with E-state index >= 15 is 0 Å². The topological polar surface area (TPSA) is 75.5 Å². The third-order valence-electron chi connectivity index (χ3n) is 3.71. The fraction of sp³-hybridized carbons (Fsp3) is 0.389. The van der Waals surface area contributed by atoms with Crippen molar-refractivity contribution in [3.05, 3.63) is 46.1 Å². The number of anilines is 1. The van der Waals surface area contributed by atoms with E-state index in [4.69, 9.17) is 9.84 Å². The number of rotatable bonds is 9. The van der Waals surface area contributed by atoms with Gasteiger partial charge in [0.25, 0.3) is 0 Å². The molecule has 0 aliphatic rings. The molecule has 0 unspecified atom stereocenters. The number of carbonyl (C=O) groups is 1. The van der Waals surface area contributed by atoms with Crippen molar-refractivity contribution in [3.63, 3.8) is 0 Å². The molecule has 1 aromatic heterocycles. The lowest BCUT2D eigenvalue weighted by Gasteiger charge is -2.23. The highest BCUT2D eigenvalue weighted by molar-refractivity contribution is 9.10. The number of benzene rings is 1. The van der Waals surface area contributed by atoms with E-state index in [1.165, 1.54) is 6.07 Å². The molecule has 0 saturated carbocycles. The fourth-order valence-corrected chi connectivity index (χ4v) is 2.72. The minimum absolute atomic E-state index is 0.0640. The van der Waals surface area contributed by atoms with Crippen molar-refractivity contribution in [3.8, 4) is 5.75 Å². The van der Waals surface area contributed by atoms with E-state index in [-0.39, 0.29) is 5.69 Å². The van der Waals surface area contributed by atoms with Gasteiger partial charge < -0.3 is 14.7 Å². The van der Waals surface area contributed by atoms with Crippen molar-refractivity contribution in [1.82, 2.24) is 10.2 Å². The van der Waals surface area contributed by atoms with Gasteiger partial charge in [-0.3, -0.25) is 0 Å². The summed E-state index contributed by atoms with van der Waals surface area (Å²) < 4.78 is 6.88. The molecular weight excluding hydrogens is 386 g/mol. The quantitative estimate of drug-likeness (QED) is 0.629. The summed E-state index contributed by atoms with van der Waals surface area (Å²) in [4.78, 5) is 12.9. The molecule has 0 bridgehead atoms. The number of hydrogen-bond donors (Lipinski definition) is 1. The summed E-state index contributed by atoms with van der Waals surface area (Å²) in [5.41, 5.74) is 0.974. The molecule has 7 heteroatoms. The van der Waals surface area contributed by atoms with Crippen LogP contribution in [0.3, 0.4) is 0 Å². The smallest absolute Gasteiger partial charge is 0.356 e. The number of aromatic carboxylic acids is 1. The summed E-state index contributed by atoms with van der Waals surface area (Å²) in [6.07, 6.45) is 2.09. The van der Waals surface area contributed by atoms with E-state index in [0.717, 1.165) is 28.6 Å². The van der Waals surface area contributed by atoms with E-state index in [2.05, 4.69) is 33.1 Å². The van der Waals surface area contributed by atoms with E-state index in [1.807, 2.05) is 30.0 Å². The Kier molecular flexibility index (Phi) is 7.18. The maximum absolute atomic E-state index is 10.9. The van der Waals surface area contributed by atoms with Crippen LogP contribution in [0.5, 0.6) is 5.75 Å². The van der Waals surface area contributed by atoms with Crippen molar-refractivity contribution in [2.45, 2.75) is 33.2 Å². The van der Waals surface area contributed by atoms with E-state index < -0.39 is 5.97 Å². The summed E-state index contributed by atoms with van der Waals surface area (Å²) in [7, 11) is 0. The van der Waals surface area contributed by atoms with Crippen LogP contribution in [0.1, 0.15) is 42.7 Å². The Morgan fingerprint density at radius 3 is 2.64 bits per heavy atom. The zero-order valence-corrected chi connectivity index (χ0v) is 16.0. The SMILES string of the molecule is CCCCOc1ccc(Br)cc1CN(CC)c1ccc(C(=O)O)nn1. The molecule has 0 aliphatic heterocycles. The minimum Gasteiger partial charge on any atom is -0.493 e. The molecule has 134 valence electrons. The lowest BCUT2D eigenvalue weighted by Crippen LogP contribution is -2.24. The van der Waals surface area contributed by atoms with Crippen molar-refractivity contribution in [1.29, 1.82) is 0 Å². The monoisotopic (exact) mass is 407 g/mol. The van der Waals surface area contributed by atoms with Gasteiger partial charge in [-0.25, -0.2) is 4.79 Å². The average molecular weight is 408 g/mol. The molecule has 0 atom stereocenters. The van der Waals surface area contributed by atoms with Crippen LogP contribution in [0, 0.1) is 0 Å². The lowest BCUT2D eigenvalue weighted by molar-refractivity contribution is 0.0689. The molecule has 6 nitrogen and oxygen atoms in total. The standard InChI is InChI=1S/C18H22BrN3O3/c1-3-5-10-25-16-8-6-14(19)11-13(16)12-22(4-2)17-9-7-15(18(23)24)20-21-17/h6-9,11H,3-5,10,12H2,1-2H3,(H,23,24). The van der Waals surface area contributed by atoms with Gasteiger partial charge in [0, 0.05) is 23.1 Å². The Labute approximate surface area is 156 Å². The summed E-state index contributed by atoms with van der Waals surface area (Å²) in [5.74, 6) is 0.401. The van der Waals surface area contributed by atoms with Gasteiger partial charge in [-0.2, -0.15) is 0 Å².